The Hall–Kier alpha value is -1.45. The lowest BCUT2D eigenvalue weighted by atomic mass is 10.1. The highest BCUT2D eigenvalue weighted by atomic mass is 35.7. The second-order valence-corrected chi connectivity index (χ2v) is 5.95. The molecular weight excluding hydrogens is 266 g/mol. The molecule has 1 aromatic carbocycles. The Morgan fingerprint density at radius 2 is 2.00 bits per heavy atom. The van der Waals surface area contributed by atoms with Gasteiger partial charge in [-0.2, -0.15) is 5.26 Å². The number of benzene rings is 1. The quantitative estimate of drug-likeness (QED) is 0.781. The summed E-state index contributed by atoms with van der Waals surface area (Å²) in [5.74, 6) is 0.191. The molecule has 17 heavy (non-hydrogen) atoms. The van der Waals surface area contributed by atoms with Crippen LogP contribution in [0.1, 0.15) is 11.1 Å². The molecule has 0 aliphatic rings. The Morgan fingerprint density at radius 1 is 1.35 bits per heavy atom. The smallest absolute Gasteiger partial charge is 0.236 e. The van der Waals surface area contributed by atoms with Crippen molar-refractivity contribution in [2.75, 3.05) is 14.2 Å². The molecule has 5 nitrogen and oxygen atoms in total. The number of hydrogen-bond donors (Lipinski definition) is 0. The van der Waals surface area contributed by atoms with Crippen LogP contribution in [0, 0.1) is 11.3 Å². The first-order chi connectivity index (χ1) is 7.91. The number of methoxy groups -OCH3 is 2. The Balaban J connectivity index is 3.33. The maximum Gasteiger partial charge on any atom is 0.236 e. The lowest BCUT2D eigenvalue weighted by molar-refractivity contribution is 0.354. The van der Waals surface area contributed by atoms with E-state index in [4.69, 9.17) is 25.4 Å². The number of halogens is 1. The number of nitriles is 1. The van der Waals surface area contributed by atoms with E-state index in [0.717, 1.165) is 0 Å². The molecule has 1 rings (SSSR count). The van der Waals surface area contributed by atoms with Gasteiger partial charge in [0.15, 0.2) is 11.5 Å². The summed E-state index contributed by atoms with van der Waals surface area (Å²) < 4.78 is 32.0. The third-order valence-electron chi connectivity index (χ3n) is 2.00. The first-order valence-corrected chi connectivity index (χ1v) is 6.96. The summed E-state index contributed by atoms with van der Waals surface area (Å²) in [6, 6.07) is 4.78. The van der Waals surface area contributed by atoms with Crippen LogP contribution in [0.5, 0.6) is 11.5 Å². The summed E-state index contributed by atoms with van der Waals surface area (Å²) >= 11 is 0. The van der Waals surface area contributed by atoms with Crippen molar-refractivity contribution in [2.45, 2.75) is 5.75 Å². The lowest BCUT2D eigenvalue weighted by Crippen LogP contribution is -1.99. The van der Waals surface area contributed by atoms with Crippen molar-refractivity contribution in [1.82, 2.24) is 0 Å². The highest BCUT2D eigenvalue weighted by Gasteiger charge is 2.15. The van der Waals surface area contributed by atoms with Gasteiger partial charge in [0.25, 0.3) is 0 Å². The molecule has 0 aliphatic heterocycles. The summed E-state index contributed by atoms with van der Waals surface area (Å²) in [6.45, 7) is 0. The molecule has 0 N–H and O–H groups in total. The number of rotatable bonds is 4. The Bertz CT molecular complexity index is 562. The summed E-state index contributed by atoms with van der Waals surface area (Å²) in [6.07, 6.45) is 0. The van der Waals surface area contributed by atoms with Crippen LogP contribution in [0.3, 0.4) is 0 Å². The molecule has 7 heteroatoms. The van der Waals surface area contributed by atoms with Crippen molar-refractivity contribution >= 4 is 19.7 Å². The van der Waals surface area contributed by atoms with E-state index in [1.54, 1.807) is 0 Å². The van der Waals surface area contributed by atoms with Gasteiger partial charge in [-0.25, -0.2) is 8.42 Å². The van der Waals surface area contributed by atoms with E-state index in [2.05, 4.69) is 0 Å². The monoisotopic (exact) mass is 275 g/mol. The summed E-state index contributed by atoms with van der Waals surface area (Å²) in [4.78, 5) is 0. The third-order valence-corrected chi connectivity index (χ3v) is 3.00. The van der Waals surface area contributed by atoms with Gasteiger partial charge in [0.2, 0.25) is 9.05 Å². The van der Waals surface area contributed by atoms with Crippen molar-refractivity contribution in [2.24, 2.45) is 0 Å². The van der Waals surface area contributed by atoms with Crippen LogP contribution in [0.15, 0.2) is 12.1 Å². The van der Waals surface area contributed by atoms with Gasteiger partial charge in [0, 0.05) is 10.7 Å². The largest absolute Gasteiger partial charge is 0.493 e. The van der Waals surface area contributed by atoms with Gasteiger partial charge in [-0.1, -0.05) is 0 Å². The van der Waals surface area contributed by atoms with Crippen LogP contribution in [0.25, 0.3) is 0 Å². The Morgan fingerprint density at radius 3 is 2.41 bits per heavy atom. The van der Waals surface area contributed by atoms with E-state index in [-0.39, 0.29) is 17.1 Å². The van der Waals surface area contributed by atoms with Gasteiger partial charge in [0.1, 0.15) is 6.07 Å². The van der Waals surface area contributed by atoms with Crippen LogP contribution in [-0.4, -0.2) is 22.6 Å². The van der Waals surface area contributed by atoms with E-state index >= 15 is 0 Å². The second kappa shape index (κ2) is 5.25. The normalized spacial score (nSPS) is 10.7. The lowest BCUT2D eigenvalue weighted by Gasteiger charge is -2.10. The summed E-state index contributed by atoms with van der Waals surface area (Å²) in [5, 5.41) is 8.92. The number of hydrogen-bond acceptors (Lipinski definition) is 5. The predicted octanol–water partition coefficient (Wildman–Crippen LogP) is 1.64. The molecule has 0 aromatic heterocycles. The van der Waals surface area contributed by atoms with Crippen LogP contribution in [0.4, 0.5) is 0 Å². The second-order valence-electron chi connectivity index (χ2n) is 3.17. The van der Waals surface area contributed by atoms with Gasteiger partial charge in [-0.15, -0.1) is 0 Å². The molecule has 1 aromatic rings. The molecule has 0 atom stereocenters. The Kier molecular flexibility index (Phi) is 4.21. The number of ether oxygens (including phenoxy) is 2. The van der Waals surface area contributed by atoms with Crippen LogP contribution >= 0.6 is 10.7 Å². The fourth-order valence-corrected chi connectivity index (χ4v) is 2.33. The molecule has 0 amide bonds. The van der Waals surface area contributed by atoms with E-state index in [1.807, 2.05) is 6.07 Å². The predicted molar refractivity (Wildman–Crippen MR) is 62.7 cm³/mol. The van der Waals surface area contributed by atoms with Gasteiger partial charge < -0.3 is 9.47 Å². The minimum Gasteiger partial charge on any atom is -0.493 e. The van der Waals surface area contributed by atoms with Crippen molar-refractivity contribution < 1.29 is 17.9 Å². The molecule has 0 saturated carbocycles. The minimum atomic E-state index is -3.68. The van der Waals surface area contributed by atoms with E-state index in [9.17, 15) is 8.42 Å². The van der Waals surface area contributed by atoms with Crippen molar-refractivity contribution in [1.29, 1.82) is 5.26 Å². The summed E-state index contributed by atoms with van der Waals surface area (Å²) in [5.41, 5.74) is 0.566. The number of nitrogens with zero attached hydrogens (tertiary/aromatic N) is 1. The molecule has 0 radical (unpaired) electrons. The molecule has 0 saturated heterocycles. The molecule has 0 heterocycles. The molecular formula is C10H10ClNO4S. The van der Waals surface area contributed by atoms with Crippen LogP contribution < -0.4 is 9.47 Å². The molecule has 0 spiro atoms. The fraction of sp³-hybridized carbons (Fsp3) is 0.300. The molecule has 0 bridgehead atoms. The molecule has 0 aliphatic carbocycles. The van der Waals surface area contributed by atoms with E-state index in [0.29, 0.717) is 11.3 Å². The topological polar surface area (TPSA) is 76.4 Å². The summed E-state index contributed by atoms with van der Waals surface area (Å²) in [7, 11) is 4.27. The Labute approximate surface area is 104 Å². The zero-order valence-electron chi connectivity index (χ0n) is 9.23. The van der Waals surface area contributed by atoms with Gasteiger partial charge in [0.05, 0.1) is 25.5 Å². The molecule has 0 unspecified atom stereocenters. The van der Waals surface area contributed by atoms with Gasteiger partial charge in [-0.3, -0.25) is 0 Å². The van der Waals surface area contributed by atoms with Gasteiger partial charge >= 0.3 is 0 Å². The zero-order valence-corrected chi connectivity index (χ0v) is 10.8. The van der Waals surface area contributed by atoms with E-state index in [1.165, 1.54) is 26.4 Å². The first kappa shape index (κ1) is 13.6. The van der Waals surface area contributed by atoms with Crippen LogP contribution in [-0.2, 0) is 14.8 Å². The van der Waals surface area contributed by atoms with E-state index < -0.39 is 9.05 Å². The van der Waals surface area contributed by atoms with Gasteiger partial charge in [-0.05, 0) is 17.7 Å². The SMILES string of the molecule is COc1cc(CS(=O)(=O)Cl)cc(C#N)c1OC. The maximum atomic E-state index is 11.0. The molecule has 92 valence electrons. The maximum absolute atomic E-state index is 11.0. The fourth-order valence-electron chi connectivity index (χ4n) is 1.39. The van der Waals surface area contributed by atoms with Crippen LogP contribution in [0.2, 0.25) is 0 Å². The highest BCUT2D eigenvalue weighted by Crippen LogP contribution is 2.32. The van der Waals surface area contributed by atoms with Crippen molar-refractivity contribution in [3.05, 3.63) is 23.3 Å². The third kappa shape index (κ3) is 3.51. The first-order valence-electron chi connectivity index (χ1n) is 4.48. The highest BCUT2D eigenvalue weighted by molar-refractivity contribution is 8.13. The standard InChI is InChI=1S/C10H10ClNO4S/c1-15-9-4-7(6-17(11,13)14)3-8(5-12)10(9)16-2/h3-4H,6H2,1-2H3. The average molecular weight is 276 g/mol. The average Bonchev–Trinajstić information content (AvgIpc) is 2.25. The zero-order chi connectivity index (χ0) is 13.1. The van der Waals surface area contributed by atoms with Crippen molar-refractivity contribution in [3.8, 4) is 17.6 Å². The molecule has 0 fully saturated rings. The minimum absolute atomic E-state index is 0.196. The van der Waals surface area contributed by atoms with Crippen molar-refractivity contribution in [3.63, 3.8) is 0 Å².